The van der Waals surface area contributed by atoms with Crippen molar-refractivity contribution in [2.75, 3.05) is 12.4 Å². The Labute approximate surface area is 85.9 Å². The Kier molecular flexibility index (Phi) is 3.22. The summed E-state index contributed by atoms with van der Waals surface area (Å²) in [7, 11) is 1.41. The molecule has 0 aromatic carbocycles. The third kappa shape index (κ3) is 2.67. The lowest BCUT2D eigenvalue weighted by molar-refractivity contribution is -0.114. The summed E-state index contributed by atoms with van der Waals surface area (Å²) in [5, 5.41) is 11.1. The second kappa shape index (κ2) is 4.41. The molecule has 15 heavy (non-hydrogen) atoms. The average Bonchev–Trinajstić information content (AvgIpc) is 2.16. The highest BCUT2D eigenvalue weighted by molar-refractivity contribution is 5.91. The quantitative estimate of drug-likeness (QED) is 0.768. The smallest absolute Gasteiger partial charge is 0.354 e. The first-order valence-electron chi connectivity index (χ1n) is 4.10. The maximum atomic E-state index is 10.8. The fraction of sp³-hybridized carbons (Fsp3) is 0.222. The highest BCUT2D eigenvalue weighted by Gasteiger charge is 2.11. The number of pyridine rings is 1. The molecule has 0 aliphatic rings. The van der Waals surface area contributed by atoms with Gasteiger partial charge in [-0.15, -0.1) is 0 Å². The van der Waals surface area contributed by atoms with E-state index < -0.39 is 5.97 Å². The zero-order valence-electron chi connectivity index (χ0n) is 8.27. The molecule has 0 saturated heterocycles. The largest absolute Gasteiger partial charge is 0.493 e. The average molecular weight is 210 g/mol. The summed E-state index contributed by atoms with van der Waals surface area (Å²) in [5.41, 5.74) is -0.153. The van der Waals surface area contributed by atoms with E-state index in [2.05, 4.69) is 10.3 Å². The number of hydrogen-bond donors (Lipinski definition) is 2. The highest BCUT2D eigenvalue weighted by atomic mass is 16.5. The molecule has 6 heteroatoms. The molecular weight excluding hydrogens is 200 g/mol. The minimum Gasteiger partial charge on any atom is -0.493 e. The monoisotopic (exact) mass is 210 g/mol. The number of nitrogens with zero attached hydrogens (tertiary/aromatic N) is 1. The molecule has 0 radical (unpaired) electrons. The van der Waals surface area contributed by atoms with E-state index in [0.717, 1.165) is 0 Å². The Morgan fingerprint density at radius 1 is 1.47 bits per heavy atom. The van der Waals surface area contributed by atoms with Gasteiger partial charge in [0.25, 0.3) is 0 Å². The van der Waals surface area contributed by atoms with Gasteiger partial charge in [0.1, 0.15) is 0 Å². The van der Waals surface area contributed by atoms with Gasteiger partial charge in [0.05, 0.1) is 7.11 Å². The van der Waals surface area contributed by atoms with Crippen molar-refractivity contribution in [2.45, 2.75) is 6.92 Å². The summed E-state index contributed by atoms with van der Waals surface area (Å²) in [6.07, 6.45) is 0. The van der Waals surface area contributed by atoms with Crippen LogP contribution in [0.2, 0.25) is 0 Å². The van der Waals surface area contributed by atoms with Gasteiger partial charge in [0, 0.05) is 6.92 Å². The van der Waals surface area contributed by atoms with E-state index in [0.29, 0.717) is 5.75 Å². The van der Waals surface area contributed by atoms with Crippen LogP contribution < -0.4 is 10.1 Å². The number of carboxylic acid groups (broad SMARTS) is 1. The fourth-order valence-electron chi connectivity index (χ4n) is 0.986. The van der Waals surface area contributed by atoms with Crippen molar-refractivity contribution in [1.29, 1.82) is 0 Å². The lowest BCUT2D eigenvalue weighted by atomic mass is 10.3. The van der Waals surface area contributed by atoms with Crippen molar-refractivity contribution >= 4 is 17.7 Å². The molecule has 1 heterocycles. The summed E-state index contributed by atoms with van der Waals surface area (Å²) >= 11 is 0. The van der Waals surface area contributed by atoms with Gasteiger partial charge >= 0.3 is 5.97 Å². The van der Waals surface area contributed by atoms with Crippen molar-refractivity contribution in [2.24, 2.45) is 0 Å². The maximum Gasteiger partial charge on any atom is 0.354 e. The summed E-state index contributed by atoms with van der Waals surface area (Å²) in [6.45, 7) is 1.30. The number of hydrogen-bond acceptors (Lipinski definition) is 4. The van der Waals surface area contributed by atoms with Crippen LogP contribution in [0.25, 0.3) is 0 Å². The molecule has 6 nitrogen and oxygen atoms in total. The lowest BCUT2D eigenvalue weighted by Gasteiger charge is -2.07. The highest BCUT2D eigenvalue weighted by Crippen LogP contribution is 2.21. The van der Waals surface area contributed by atoms with Crippen LogP contribution in [-0.2, 0) is 4.79 Å². The Morgan fingerprint density at radius 3 is 2.60 bits per heavy atom. The van der Waals surface area contributed by atoms with Crippen molar-refractivity contribution in [3.63, 3.8) is 0 Å². The van der Waals surface area contributed by atoms with Crippen LogP contribution in [0.5, 0.6) is 5.75 Å². The van der Waals surface area contributed by atoms with E-state index in [4.69, 9.17) is 9.84 Å². The molecule has 0 atom stereocenters. The number of carboxylic acids is 1. The number of ether oxygens (including phenoxy) is 1. The molecule has 0 bridgehead atoms. The molecule has 1 aromatic rings. The molecule has 80 valence electrons. The van der Waals surface area contributed by atoms with Crippen molar-refractivity contribution in [3.8, 4) is 5.75 Å². The maximum absolute atomic E-state index is 10.8. The Morgan fingerprint density at radius 2 is 2.13 bits per heavy atom. The van der Waals surface area contributed by atoms with Crippen molar-refractivity contribution < 1.29 is 19.4 Å². The number of aromatic nitrogens is 1. The number of carbonyl (C=O) groups excluding carboxylic acids is 1. The normalized spacial score (nSPS) is 9.47. The summed E-state index contributed by atoms with van der Waals surface area (Å²) in [6, 6.07) is 2.73. The predicted molar refractivity (Wildman–Crippen MR) is 52.1 cm³/mol. The molecule has 2 N–H and O–H groups in total. The SMILES string of the molecule is COc1ccc(C(=O)O)nc1NC(C)=O. The Hall–Kier alpha value is -2.11. The number of aromatic carboxylic acids is 1. The number of carbonyl (C=O) groups is 2. The third-order valence-electron chi connectivity index (χ3n) is 1.59. The van der Waals surface area contributed by atoms with Crippen LogP contribution in [0.15, 0.2) is 12.1 Å². The standard InChI is InChI=1S/C9H10N2O4/c1-5(12)10-8-7(15-2)4-3-6(11-8)9(13)14/h3-4H,1-2H3,(H,13,14)(H,10,11,12). The van der Waals surface area contributed by atoms with Gasteiger partial charge in [0.2, 0.25) is 5.91 Å². The number of amides is 1. The molecule has 0 aliphatic carbocycles. The summed E-state index contributed by atoms with van der Waals surface area (Å²) in [5.74, 6) is -1.09. The third-order valence-corrected chi connectivity index (χ3v) is 1.59. The van der Waals surface area contributed by atoms with Gasteiger partial charge in [-0.3, -0.25) is 4.79 Å². The van der Waals surface area contributed by atoms with Crippen LogP contribution >= 0.6 is 0 Å². The van der Waals surface area contributed by atoms with E-state index in [-0.39, 0.29) is 17.4 Å². The Balaban J connectivity index is 3.12. The molecule has 1 aromatic heterocycles. The van der Waals surface area contributed by atoms with Crippen LogP contribution in [0, 0.1) is 0 Å². The number of rotatable bonds is 3. The second-order valence-corrected chi connectivity index (χ2v) is 2.73. The van der Waals surface area contributed by atoms with Gasteiger partial charge < -0.3 is 15.2 Å². The van der Waals surface area contributed by atoms with E-state index >= 15 is 0 Å². The molecule has 0 aliphatic heterocycles. The molecular formula is C9H10N2O4. The number of nitrogens with one attached hydrogen (secondary N) is 1. The first kappa shape index (κ1) is 11.0. The molecule has 0 saturated carbocycles. The fourth-order valence-corrected chi connectivity index (χ4v) is 0.986. The predicted octanol–water partition coefficient (Wildman–Crippen LogP) is 0.747. The zero-order valence-corrected chi connectivity index (χ0v) is 8.27. The van der Waals surface area contributed by atoms with Crippen LogP contribution in [0.1, 0.15) is 17.4 Å². The first-order valence-corrected chi connectivity index (χ1v) is 4.10. The van der Waals surface area contributed by atoms with E-state index in [9.17, 15) is 9.59 Å². The molecule has 0 fully saturated rings. The van der Waals surface area contributed by atoms with Gasteiger partial charge in [-0.25, -0.2) is 9.78 Å². The summed E-state index contributed by atoms with van der Waals surface area (Å²) < 4.78 is 4.91. The minimum absolute atomic E-state index is 0.102. The molecule has 1 amide bonds. The van der Waals surface area contributed by atoms with E-state index in [1.54, 1.807) is 0 Å². The van der Waals surface area contributed by atoms with Crippen molar-refractivity contribution in [3.05, 3.63) is 17.8 Å². The second-order valence-electron chi connectivity index (χ2n) is 2.73. The van der Waals surface area contributed by atoms with Gasteiger partial charge in [-0.1, -0.05) is 0 Å². The molecule has 1 rings (SSSR count). The zero-order chi connectivity index (χ0) is 11.4. The van der Waals surface area contributed by atoms with E-state index in [1.165, 1.54) is 26.2 Å². The summed E-state index contributed by atoms with van der Waals surface area (Å²) in [4.78, 5) is 25.2. The van der Waals surface area contributed by atoms with Gasteiger partial charge in [0.15, 0.2) is 17.3 Å². The van der Waals surface area contributed by atoms with Crippen LogP contribution in [0.3, 0.4) is 0 Å². The molecule has 0 spiro atoms. The topological polar surface area (TPSA) is 88.5 Å². The van der Waals surface area contributed by atoms with Crippen LogP contribution in [-0.4, -0.2) is 29.1 Å². The number of methoxy groups -OCH3 is 1. The van der Waals surface area contributed by atoms with Crippen LogP contribution in [0.4, 0.5) is 5.82 Å². The first-order chi connectivity index (χ1) is 7.04. The molecule has 0 unspecified atom stereocenters. The lowest BCUT2D eigenvalue weighted by Crippen LogP contribution is -2.11. The van der Waals surface area contributed by atoms with E-state index in [1.807, 2.05) is 0 Å². The van der Waals surface area contributed by atoms with Gasteiger partial charge in [-0.05, 0) is 12.1 Å². The Bertz CT molecular complexity index is 403. The minimum atomic E-state index is -1.16. The van der Waals surface area contributed by atoms with Gasteiger partial charge in [-0.2, -0.15) is 0 Å². The number of anilines is 1. The van der Waals surface area contributed by atoms with Crippen molar-refractivity contribution in [1.82, 2.24) is 4.98 Å².